The van der Waals surface area contributed by atoms with Crippen LogP contribution in [0.3, 0.4) is 0 Å². The van der Waals surface area contributed by atoms with Crippen LogP contribution in [0.5, 0.6) is 11.5 Å². The number of hydrogen-bond acceptors (Lipinski definition) is 7. The molecule has 176 valence electrons. The molecule has 0 aliphatic carbocycles. The normalized spacial score (nSPS) is 11.1. The van der Waals surface area contributed by atoms with Crippen molar-refractivity contribution in [1.29, 1.82) is 0 Å². The van der Waals surface area contributed by atoms with Crippen molar-refractivity contribution >= 4 is 54.0 Å². The molecule has 0 radical (unpaired) electrons. The molecule has 0 atom stereocenters. The van der Waals surface area contributed by atoms with E-state index in [1.54, 1.807) is 36.4 Å². The molecule has 0 saturated carbocycles. The van der Waals surface area contributed by atoms with Gasteiger partial charge in [0.1, 0.15) is 11.5 Å². The minimum Gasteiger partial charge on any atom is -0.496 e. The van der Waals surface area contributed by atoms with Gasteiger partial charge in [0.15, 0.2) is 0 Å². The number of anilines is 2. The molecule has 5 N–H and O–H groups in total. The molecule has 0 spiro atoms. The minimum absolute atomic E-state index is 0. The number of benzene rings is 2. The maximum absolute atomic E-state index is 11.2. The topological polar surface area (TPSA) is 152 Å². The molecule has 2 rings (SSSR count). The summed E-state index contributed by atoms with van der Waals surface area (Å²) in [7, 11) is 3.02. The zero-order chi connectivity index (χ0) is 23.5. The summed E-state index contributed by atoms with van der Waals surface area (Å²) in [5.74, 6) is 0.625. The van der Waals surface area contributed by atoms with E-state index in [0.29, 0.717) is 34.0 Å². The summed E-state index contributed by atoms with van der Waals surface area (Å²) < 4.78 is 10.6. The molecule has 0 aliphatic rings. The Balaban J connectivity index is 0.00000544. The van der Waals surface area contributed by atoms with Crippen molar-refractivity contribution in [3.8, 4) is 11.5 Å². The highest BCUT2D eigenvalue weighted by molar-refractivity contribution is 5.92. The number of halogens is 1. The van der Waals surface area contributed by atoms with Crippen LogP contribution < -0.4 is 31.3 Å². The van der Waals surface area contributed by atoms with Crippen LogP contribution in [0, 0.1) is 0 Å². The zero-order valence-electron chi connectivity index (χ0n) is 18.6. The fraction of sp³-hybridized carbons (Fsp3) is 0.190. The molecule has 2 amide bonds. The number of ether oxygens (including phenoxy) is 2. The molecular formula is C21H26ClN7O4. The first-order valence-corrected chi connectivity index (χ1v) is 9.39. The number of hydrazone groups is 1. The van der Waals surface area contributed by atoms with Gasteiger partial charge in [-0.05, 0) is 24.3 Å². The van der Waals surface area contributed by atoms with Gasteiger partial charge in [-0.15, -0.1) is 17.5 Å². The van der Waals surface area contributed by atoms with E-state index in [4.69, 9.17) is 15.2 Å². The molecule has 12 heteroatoms. The standard InChI is InChI=1S/C21H25N7O4.ClH/c1-13(29)25-17-7-5-15(19(9-17)31-3)11-23-27-21(22)28-24-12-16-6-8-18(26-14(2)30)10-20(16)32-4;/h5-12H,1-4H3,(H,25,29)(H,26,30)(H3,22,27,28);1H/b23-11+,24-12+;. The lowest BCUT2D eigenvalue weighted by Crippen LogP contribution is -2.26. The van der Waals surface area contributed by atoms with Crippen molar-refractivity contribution in [2.75, 3.05) is 24.9 Å². The summed E-state index contributed by atoms with van der Waals surface area (Å²) in [4.78, 5) is 22.3. The van der Waals surface area contributed by atoms with Crippen LogP contribution in [0.2, 0.25) is 0 Å². The van der Waals surface area contributed by atoms with Crippen LogP contribution in [0.15, 0.2) is 51.7 Å². The second-order valence-corrected chi connectivity index (χ2v) is 6.38. The van der Waals surface area contributed by atoms with Crippen LogP contribution in [0.1, 0.15) is 25.0 Å². The molecule has 0 saturated heterocycles. The number of nitrogens with two attached hydrogens (primary N) is 1. The van der Waals surface area contributed by atoms with E-state index >= 15 is 0 Å². The number of carbonyl (C=O) groups is 2. The van der Waals surface area contributed by atoms with E-state index in [1.165, 1.54) is 40.5 Å². The Bertz CT molecular complexity index is 1070. The Kier molecular flexibility index (Phi) is 10.9. The van der Waals surface area contributed by atoms with Gasteiger partial charge in [0.25, 0.3) is 0 Å². The molecule has 33 heavy (non-hydrogen) atoms. The number of nitrogens with one attached hydrogen (secondary N) is 3. The lowest BCUT2D eigenvalue weighted by atomic mass is 10.2. The Morgan fingerprint density at radius 1 is 0.879 bits per heavy atom. The molecule has 0 bridgehead atoms. The molecule has 0 heterocycles. The predicted octanol–water partition coefficient (Wildman–Crippen LogP) is 2.31. The summed E-state index contributed by atoms with van der Waals surface area (Å²) in [5, 5.41) is 17.1. The molecule has 0 aromatic heterocycles. The molecule has 11 nitrogen and oxygen atoms in total. The smallest absolute Gasteiger partial charge is 0.234 e. The first-order chi connectivity index (χ1) is 15.3. The number of rotatable bonds is 8. The number of nitrogens with zero attached hydrogens (tertiary/aromatic N) is 3. The van der Waals surface area contributed by atoms with Crippen LogP contribution in [-0.4, -0.2) is 44.4 Å². The monoisotopic (exact) mass is 475 g/mol. The third kappa shape index (κ3) is 8.87. The van der Waals surface area contributed by atoms with Crippen molar-refractivity contribution in [3.05, 3.63) is 47.5 Å². The largest absolute Gasteiger partial charge is 0.496 e. The van der Waals surface area contributed by atoms with Gasteiger partial charge in [0, 0.05) is 48.5 Å². The summed E-state index contributed by atoms with van der Waals surface area (Å²) in [5.41, 5.74) is 10.8. The summed E-state index contributed by atoms with van der Waals surface area (Å²) in [6.07, 6.45) is 2.95. The van der Waals surface area contributed by atoms with Gasteiger partial charge >= 0.3 is 0 Å². The average molecular weight is 476 g/mol. The van der Waals surface area contributed by atoms with E-state index in [-0.39, 0.29) is 30.2 Å². The van der Waals surface area contributed by atoms with Gasteiger partial charge in [-0.3, -0.25) is 9.59 Å². The van der Waals surface area contributed by atoms with Crippen molar-refractivity contribution in [1.82, 2.24) is 5.43 Å². The van der Waals surface area contributed by atoms with E-state index in [1.807, 2.05) is 0 Å². The lowest BCUT2D eigenvalue weighted by molar-refractivity contribution is -0.115. The number of carbonyl (C=O) groups excluding carboxylic acids is 2. The van der Waals surface area contributed by atoms with E-state index in [9.17, 15) is 9.59 Å². The number of methoxy groups -OCH3 is 2. The van der Waals surface area contributed by atoms with Crippen molar-refractivity contribution < 1.29 is 19.1 Å². The fourth-order valence-electron chi connectivity index (χ4n) is 2.54. The highest BCUT2D eigenvalue weighted by atomic mass is 35.5. The molecule has 0 aliphatic heterocycles. The Labute approximate surface area is 197 Å². The van der Waals surface area contributed by atoms with Crippen LogP contribution in [0.25, 0.3) is 0 Å². The van der Waals surface area contributed by atoms with E-state index < -0.39 is 0 Å². The SMILES string of the molecule is COc1cc(NC(C)=O)ccc1/C=N/N=C(N)N/N=C/c1ccc(NC(C)=O)cc1OC.Cl. The Morgan fingerprint density at radius 2 is 1.36 bits per heavy atom. The van der Waals surface area contributed by atoms with E-state index in [0.717, 1.165) is 0 Å². The summed E-state index contributed by atoms with van der Waals surface area (Å²) >= 11 is 0. The van der Waals surface area contributed by atoms with Gasteiger partial charge in [-0.25, -0.2) is 5.43 Å². The summed E-state index contributed by atoms with van der Waals surface area (Å²) in [6, 6.07) is 10.2. The summed E-state index contributed by atoms with van der Waals surface area (Å²) in [6.45, 7) is 2.85. The minimum atomic E-state index is -0.182. The number of hydrogen-bond donors (Lipinski definition) is 4. The van der Waals surface area contributed by atoms with Gasteiger partial charge in [-0.2, -0.15) is 10.2 Å². The third-order valence-electron chi connectivity index (χ3n) is 3.85. The number of guanidine groups is 1. The van der Waals surface area contributed by atoms with E-state index in [2.05, 4.69) is 31.4 Å². The van der Waals surface area contributed by atoms with Crippen LogP contribution >= 0.6 is 12.4 Å². The highest BCUT2D eigenvalue weighted by Gasteiger charge is 2.05. The third-order valence-corrected chi connectivity index (χ3v) is 3.85. The number of amides is 2. The quantitative estimate of drug-likeness (QED) is 0.261. The van der Waals surface area contributed by atoms with Gasteiger partial charge in [-0.1, -0.05) is 0 Å². The maximum atomic E-state index is 11.2. The average Bonchev–Trinajstić information content (AvgIpc) is 2.74. The molecule has 2 aromatic rings. The first-order valence-electron chi connectivity index (χ1n) is 9.39. The van der Waals surface area contributed by atoms with Crippen LogP contribution in [0.4, 0.5) is 11.4 Å². The first kappa shape index (κ1) is 26.9. The van der Waals surface area contributed by atoms with Gasteiger partial charge in [0.05, 0.1) is 26.6 Å². The molecular weight excluding hydrogens is 450 g/mol. The Hall–Kier alpha value is -4.12. The Morgan fingerprint density at radius 3 is 1.82 bits per heavy atom. The lowest BCUT2D eigenvalue weighted by Gasteiger charge is -2.08. The van der Waals surface area contributed by atoms with Gasteiger partial charge < -0.3 is 25.8 Å². The second kappa shape index (κ2) is 13.3. The van der Waals surface area contributed by atoms with Crippen molar-refractivity contribution in [3.63, 3.8) is 0 Å². The second-order valence-electron chi connectivity index (χ2n) is 6.38. The molecule has 2 aromatic carbocycles. The maximum Gasteiger partial charge on any atom is 0.234 e. The van der Waals surface area contributed by atoms with Crippen molar-refractivity contribution in [2.24, 2.45) is 21.0 Å². The van der Waals surface area contributed by atoms with Crippen molar-refractivity contribution in [2.45, 2.75) is 13.8 Å². The highest BCUT2D eigenvalue weighted by Crippen LogP contribution is 2.22. The fourth-order valence-corrected chi connectivity index (χ4v) is 2.54. The predicted molar refractivity (Wildman–Crippen MR) is 132 cm³/mol. The van der Waals surface area contributed by atoms with Crippen LogP contribution in [-0.2, 0) is 9.59 Å². The zero-order valence-corrected chi connectivity index (χ0v) is 19.4. The molecule has 0 fully saturated rings. The molecule has 0 unspecified atom stereocenters. The van der Waals surface area contributed by atoms with Gasteiger partial charge in [0.2, 0.25) is 17.8 Å².